The van der Waals surface area contributed by atoms with E-state index >= 15 is 0 Å². The first-order chi connectivity index (χ1) is 12.7. The van der Waals surface area contributed by atoms with Gasteiger partial charge in [-0.05, 0) is 105 Å². The second-order valence-electron chi connectivity index (χ2n) is 9.69. The van der Waals surface area contributed by atoms with Crippen LogP contribution in [0.2, 0.25) is 0 Å². The zero-order valence-electron chi connectivity index (χ0n) is 16.3. The van der Waals surface area contributed by atoms with E-state index in [1.165, 1.54) is 51.4 Å². The van der Waals surface area contributed by atoms with Crippen LogP contribution in [-0.4, -0.2) is 42.4 Å². The summed E-state index contributed by atoms with van der Waals surface area (Å²) in [7, 11) is 0. The molecule has 4 saturated carbocycles. The van der Waals surface area contributed by atoms with Crippen LogP contribution >= 0.6 is 12.4 Å². The van der Waals surface area contributed by atoms with Crippen molar-refractivity contribution in [2.45, 2.75) is 62.9 Å². The Kier molecular flexibility index (Phi) is 5.74. The fourth-order valence-corrected chi connectivity index (χ4v) is 6.88. The number of nitrogens with zero attached hydrogens (tertiary/aromatic N) is 1. The molecule has 0 spiro atoms. The Morgan fingerprint density at radius 3 is 2.07 bits per heavy atom. The van der Waals surface area contributed by atoms with Gasteiger partial charge in [0.15, 0.2) is 0 Å². The molecule has 1 unspecified atom stereocenters. The molecule has 1 saturated heterocycles. The van der Waals surface area contributed by atoms with Gasteiger partial charge in [-0.15, -0.1) is 12.4 Å². The summed E-state index contributed by atoms with van der Waals surface area (Å²) >= 11 is 0. The highest BCUT2D eigenvalue weighted by atomic mass is 35.5. The van der Waals surface area contributed by atoms with Crippen molar-refractivity contribution in [3.8, 4) is 5.75 Å². The predicted octanol–water partition coefficient (Wildman–Crippen LogP) is 4.41. The smallest absolute Gasteiger partial charge is 0.119 e. The van der Waals surface area contributed by atoms with Crippen LogP contribution in [-0.2, 0) is 5.41 Å². The Morgan fingerprint density at radius 2 is 1.52 bits per heavy atom. The highest BCUT2D eigenvalue weighted by Gasteiger charge is 2.51. The van der Waals surface area contributed by atoms with Gasteiger partial charge in [0.2, 0.25) is 0 Å². The Labute approximate surface area is 169 Å². The monoisotopic (exact) mass is 391 g/mol. The van der Waals surface area contributed by atoms with Crippen molar-refractivity contribution in [1.29, 1.82) is 0 Å². The quantitative estimate of drug-likeness (QED) is 0.779. The molecule has 3 nitrogen and oxygen atoms in total. The van der Waals surface area contributed by atoms with Gasteiger partial charge < -0.3 is 14.7 Å². The fraction of sp³-hybridized carbons (Fsp3) is 0.739. The average molecular weight is 392 g/mol. The zero-order chi connectivity index (χ0) is 17.6. The summed E-state index contributed by atoms with van der Waals surface area (Å²) in [6.07, 6.45) is 10.9. The molecule has 1 aromatic rings. The largest absolute Gasteiger partial charge is 0.491 e. The lowest BCUT2D eigenvalue weighted by Gasteiger charge is -2.57. The molecule has 6 rings (SSSR count). The third kappa shape index (κ3) is 4.02. The number of halogens is 1. The number of β-amino-alcohol motifs (C(OH)–C–C–N with tert-alkyl or cyclic N) is 1. The molecule has 5 aliphatic rings. The third-order valence-electron chi connectivity index (χ3n) is 7.61. The Hall–Kier alpha value is -0.770. The number of rotatable bonds is 6. The van der Waals surface area contributed by atoms with Crippen molar-refractivity contribution in [3.05, 3.63) is 29.8 Å². The van der Waals surface area contributed by atoms with E-state index in [-0.39, 0.29) is 12.4 Å². The molecular formula is C23H34ClNO2. The molecule has 5 fully saturated rings. The highest BCUT2D eigenvalue weighted by Crippen LogP contribution is 2.60. The van der Waals surface area contributed by atoms with E-state index in [4.69, 9.17) is 4.74 Å². The summed E-state index contributed by atoms with van der Waals surface area (Å²) in [5.74, 6) is 3.85. The van der Waals surface area contributed by atoms with E-state index in [1.807, 2.05) is 0 Å². The summed E-state index contributed by atoms with van der Waals surface area (Å²) in [6.45, 7) is 3.38. The maximum Gasteiger partial charge on any atom is 0.119 e. The van der Waals surface area contributed by atoms with Crippen LogP contribution in [0.25, 0.3) is 0 Å². The number of hydrogen-bond donors (Lipinski definition) is 1. The molecule has 1 aliphatic heterocycles. The maximum atomic E-state index is 10.2. The Balaban J connectivity index is 0.00000180. The highest BCUT2D eigenvalue weighted by molar-refractivity contribution is 5.85. The maximum absolute atomic E-state index is 10.2. The molecule has 0 aromatic heterocycles. The van der Waals surface area contributed by atoms with E-state index in [2.05, 4.69) is 29.2 Å². The number of benzene rings is 1. The third-order valence-corrected chi connectivity index (χ3v) is 7.61. The van der Waals surface area contributed by atoms with Gasteiger partial charge in [-0.25, -0.2) is 0 Å². The molecule has 1 atom stereocenters. The minimum Gasteiger partial charge on any atom is -0.491 e. The normalized spacial score (nSPS) is 35.8. The second-order valence-corrected chi connectivity index (χ2v) is 9.69. The Bertz CT molecular complexity index is 590. The summed E-state index contributed by atoms with van der Waals surface area (Å²) in [5.41, 5.74) is 2.00. The number of aliphatic hydroxyl groups is 1. The molecule has 4 aliphatic carbocycles. The first-order valence-electron chi connectivity index (χ1n) is 10.8. The van der Waals surface area contributed by atoms with Crippen LogP contribution in [0.15, 0.2) is 24.3 Å². The summed E-state index contributed by atoms with van der Waals surface area (Å²) in [4.78, 5) is 2.34. The molecule has 0 amide bonds. The minimum absolute atomic E-state index is 0. The van der Waals surface area contributed by atoms with E-state index in [0.717, 1.165) is 43.1 Å². The van der Waals surface area contributed by atoms with Gasteiger partial charge in [0.05, 0.1) is 0 Å². The van der Waals surface area contributed by atoms with Gasteiger partial charge in [-0.2, -0.15) is 0 Å². The van der Waals surface area contributed by atoms with Crippen LogP contribution in [0.3, 0.4) is 0 Å². The van der Waals surface area contributed by atoms with Gasteiger partial charge in [0.25, 0.3) is 0 Å². The lowest BCUT2D eigenvalue weighted by Crippen LogP contribution is -2.48. The van der Waals surface area contributed by atoms with Gasteiger partial charge in [0.1, 0.15) is 18.5 Å². The molecule has 150 valence electrons. The molecule has 0 radical (unpaired) electrons. The lowest BCUT2D eigenvalue weighted by molar-refractivity contribution is -0.00522. The topological polar surface area (TPSA) is 32.7 Å². The van der Waals surface area contributed by atoms with Gasteiger partial charge in [-0.3, -0.25) is 0 Å². The standard InChI is InChI=1S/C23H33NO2.ClH/c25-21(15-24-7-1-2-8-24)16-26-22-5-3-20(4-6-22)23-12-17-9-18(13-23)11-19(10-17)14-23;/h3-6,17-19,21,25H,1-2,7-16H2;1H. The van der Waals surface area contributed by atoms with E-state index < -0.39 is 6.10 Å². The van der Waals surface area contributed by atoms with Crippen molar-refractivity contribution in [1.82, 2.24) is 4.90 Å². The van der Waals surface area contributed by atoms with Crippen LogP contribution in [0.1, 0.15) is 56.9 Å². The van der Waals surface area contributed by atoms with Gasteiger partial charge >= 0.3 is 0 Å². The second kappa shape index (κ2) is 7.93. The molecule has 4 bridgehead atoms. The number of ether oxygens (including phenoxy) is 1. The summed E-state index contributed by atoms with van der Waals surface area (Å²) < 4.78 is 5.88. The van der Waals surface area contributed by atoms with Crippen LogP contribution in [0.5, 0.6) is 5.75 Å². The number of likely N-dealkylation sites (tertiary alicyclic amines) is 1. The summed E-state index contributed by atoms with van der Waals surface area (Å²) in [5, 5.41) is 10.2. The predicted molar refractivity (Wildman–Crippen MR) is 111 cm³/mol. The molecular weight excluding hydrogens is 358 g/mol. The first-order valence-corrected chi connectivity index (χ1v) is 10.8. The van der Waals surface area contributed by atoms with E-state index in [0.29, 0.717) is 12.0 Å². The summed E-state index contributed by atoms with van der Waals surface area (Å²) in [6, 6.07) is 8.90. The number of aliphatic hydroxyl groups excluding tert-OH is 1. The van der Waals surface area contributed by atoms with Gasteiger partial charge in [-0.1, -0.05) is 12.1 Å². The minimum atomic E-state index is -0.393. The van der Waals surface area contributed by atoms with E-state index in [1.54, 1.807) is 5.56 Å². The van der Waals surface area contributed by atoms with Crippen LogP contribution in [0, 0.1) is 17.8 Å². The molecule has 1 aromatic carbocycles. The fourth-order valence-electron chi connectivity index (χ4n) is 6.88. The molecule has 1 heterocycles. The van der Waals surface area contributed by atoms with Crippen LogP contribution in [0.4, 0.5) is 0 Å². The molecule has 1 N–H and O–H groups in total. The average Bonchev–Trinajstić information content (AvgIpc) is 3.12. The van der Waals surface area contributed by atoms with E-state index in [9.17, 15) is 5.11 Å². The van der Waals surface area contributed by atoms with Crippen molar-refractivity contribution in [2.24, 2.45) is 17.8 Å². The van der Waals surface area contributed by atoms with Crippen molar-refractivity contribution in [2.75, 3.05) is 26.2 Å². The first kappa shape index (κ1) is 19.5. The van der Waals surface area contributed by atoms with Crippen LogP contribution < -0.4 is 4.74 Å². The molecule has 4 heteroatoms. The molecule has 27 heavy (non-hydrogen) atoms. The SMILES string of the molecule is Cl.OC(COc1ccc(C23CC4CC(CC(C4)C2)C3)cc1)CN1CCCC1. The lowest BCUT2D eigenvalue weighted by atomic mass is 9.48. The Morgan fingerprint density at radius 1 is 0.963 bits per heavy atom. The van der Waals surface area contributed by atoms with Crippen molar-refractivity contribution >= 4 is 12.4 Å². The number of hydrogen-bond acceptors (Lipinski definition) is 3. The van der Waals surface area contributed by atoms with Crippen molar-refractivity contribution in [3.63, 3.8) is 0 Å². The zero-order valence-corrected chi connectivity index (χ0v) is 17.1. The van der Waals surface area contributed by atoms with Gasteiger partial charge in [0, 0.05) is 6.54 Å². The van der Waals surface area contributed by atoms with Crippen molar-refractivity contribution < 1.29 is 9.84 Å².